The highest BCUT2D eigenvalue weighted by Crippen LogP contribution is 2.32. The van der Waals surface area contributed by atoms with Gasteiger partial charge in [0, 0.05) is 31.9 Å². The van der Waals surface area contributed by atoms with Crippen LogP contribution in [-0.4, -0.2) is 24.9 Å². The van der Waals surface area contributed by atoms with Gasteiger partial charge in [0.25, 0.3) is 11.6 Å². The standard InChI is InChI=1S/C18H19N3O3/c1-20(2)17-10-8-13(21(23)24)11-15(17)18(22)19-16-9-7-12-5-3-4-6-14(12)16/h3-6,8,10-11,16H,7,9H2,1-2H3,(H,19,22)/t16-/m1/s1. The number of hydrogen-bond acceptors (Lipinski definition) is 4. The fourth-order valence-corrected chi connectivity index (χ4v) is 3.15. The van der Waals surface area contributed by atoms with Gasteiger partial charge in [-0.3, -0.25) is 14.9 Å². The van der Waals surface area contributed by atoms with Crippen molar-refractivity contribution in [2.45, 2.75) is 18.9 Å². The molecule has 6 heteroatoms. The topological polar surface area (TPSA) is 75.5 Å². The molecule has 0 spiro atoms. The van der Waals surface area contributed by atoms with E-state index in [0.717, 1.165) is 18.4 Å². The predicted octanol–water partition coefficient (Wildman–Crippen LogP) is 3.08. The summed E-state index contributed by atoms with van der Waals surface area (Å²) in [6.45, 7) is 0. The Morgan fingerprint density at radius 3 is 2.71 bits per heavy atom. The third kappa shape index (κ3) is 2.95. The van der Waals surface area contributed by atoms with E-state index < -0.39 is 4.92 Å². The van der Waals surface area contributed by atoms with Gasteiger partial charge in [-0.2, -0.15) is 0 Å². The van der Waals surface area contributed by atoms with E-state index in [0.29, 0.717) is 11.3 Å². The number of carbonyl (C=O) groups is 1. The zero-order chi connectivity index (χ0) is 17.3. The first-order chi connectivity index (χ1) is 11.5. The molecule has 0 aliphatic heterocycles. The van der Waals surface area contributed by atoms with Gasteiger partial charge in [-0.1, -0.05) is 24.3 Å². The highest BCUT2D eigenvalue weighted by Gasteiger charge is 2.26. The second kappa shape index (κ2) is 6.31. The molecule has 6 nitrogen and oxygen atoms in total. The molecule has 0 saturated heterocycles. The molecule has 1 amide bonds. The largest absolute Gasteiger partial charge is 0.377 e. The molecule has 0 bridgehead atoms. The van der Waals surface area contributed by atoms with Crippen LogP contribution in [0.15, 0.2) is 42.5 Å². The lowest BCUT2D eigenvalue weighted by Crippen LogP contribution is -2.28. The van der Waals surface area contributed by atoms with Gasteiger partial charge in [0.1, 0.15) is 0 Å². The van der Waals surface area contributed by atoms with Crippen molar-refractivity contribution in [3.63, 3.8) is 0 Å². The number of amides is 1. The maximum absolute atomic E-state index is 12.8. The molecule has 0 fully saturated rings. The van der Waals surface area contributed by atoms with E-state index in [4.69, 9.17) is 0 Å². The van der Waals surface area contributed by atoms with E-state index >= 15 is 0 Å². The Morgan fingerprint density at radius 1 is 1.25 bits per heavy atom. The van der Waals surface area contributed by atoms with Gasteiger partial charge < -0.3 is 10.2 Å². The smallest absolute Gasteiger partial charge is 0.270 e. The fourth-order valence-electron chi connectivity index (χ4n) is 3.15. The fraction of sp³-hybridized carbons (Fsp3) is 0.278. The van der Waals surface area contributed by atoms with Crippen LogP contribution in [0.2, 0.25) is 0 Å². The summed E-state index contributed by atoms with van der Waals surface area (Å²) in [5, 5.41) is 14.0. The first kappa shape index (κ1) is 16.0. The number of hydrogen-bond donors (Lipinski definition) is 1. The van der Waals surface area contributed by atoms with Crippen LogP contribution in [0.25, 0.3) is 0 Å². The van der Waals surface area contributed by atoms with Gasteiger partial charge in [-0.05, 0) is 30.0 Å². The number of rotatable bonds is 4. The molecule has 0 radical (unpaired) electrons. The van der Waals surface area contributed by atoms with Crippen LogP contribution in [0.1, 0.15) is 33.9 Å². The number of fused-ring (bicyclic) bond motifs is 1. The highest BCUT2D eigenvalue weighted by atomic mass is 16.6. The van der Waals surface area contributed by atoms with Crippen LogP contribution in [0.3, 0.4) is 0 Å². The van der Waals surface area contributed by atoms with E-state index in [-0.39, 0.29) is 17.6 Å². The van der Waals surface area contributed by atoms with Crippen molar-refractivity contribution >= 4 is 17.3 Å². The van der Waals surface area contributed by atoms with Crippen LogP contribution in [-0.2, 0) is 6.42 Å². The first-order valence-electron chi connectivity index (χ1n) is 7.82. The number of benzene rings is 2. The molecule has 124 valence electrons. The second-order valence-corrected chi connectivity index (χ2v) is 6.12. The molecule has 3 rings (SSSR count). The molecule has 1 aliphatic rings. The average Bonchev–Trinajstić information content (AvgIpc) is 2.97. The lowest BCUT2D eigenvalue weighted by atomic mass is 10.1. The van der Waals surface area contributed by atoms with Crippen LogP contribution < -0.4 is 10.2 Å². The Bertz CT molecular complexity index is 802. The summed E-state index contributed by atoms with van der Waals surface area (Å²) in [7, 11) is 3.62. The molecule has 24 heavy (non-hydrogen) atoms. The van der Waals surface area contributed by atoms with Crippen molar-refractivity contribution < 1.29 is 9.72 Å². The summed E-state index contributed by atoms with van der Waals surface area (Å²) in [4.78, 5) is 25.1. The molecule has 2 aromatic carbocycles. The third-order valence-corrected chi connectivity index (χ3v) is 4.36. The minimum absolute atomic E-state index is 0.0528. The summed E-state index contributed by atoms with van der Waals surface area (Å²) in [5.74, 6) is -0.288. The maximum Gasteiger partial charge on any atom is 0.270 e. The molecule has 2 aromatic rings. The Kier molecular flexibility index (Phi) is 4.20. The van der Waals surface area contributed by atoms with E-state index in [1.54, 1.807) is 11.0 Å². The minimum atomic E-state index is -0.485. The zero-order valence-corrected chi connectivity index (χ0v) is 13.7. The Balaban J connectivity index is 1.90. The van der Waals surface area contributed by atoms with Crippen LogP contribution in [0.4, 0.5) is 11.4 Å². The van der Waals surface area contributed by atoms with Crippen molar-refractivity contribution in [3.8, 4) is 0 Å². The van der Waals surface area contributed by atoms with Crippen molar-refractivity contribution in [1.29, 1.82) is 0 Å². The number of non-ortho nitro benzene ring substituents is 1. The number of anilines is 1. The van der Waals surface area contributed by atoms with Gasteiger partial charge in [-0.15, -0.1) is 0 Å². The number of nitro benzene ring substituents is 1. The van der Waals surface area contributed by atoms with Gasteiger partial charge in [0.15, 0.2) is 0 Å². The molecule has 0 heterocycles. The number of nitrogens with one attached hydrogen (secondary N) is 1. The molecule has 0 aromatic heterocycles. The minimum Gasteiger partial charge on any atom is -0.377 e. The predicted molar refractivity (Wildman–Crippen MR) is 92.4 cm³/mol. The normalized spacial score (nSPS) is 15.7. The summed E-state index contributed by atoms with van der Waals surface area (Å²) in [6.07, 6.45) is 1.77. The summed E-state index contributed by atoms with van der Waals surface area (Å²) in [6, 6.07) is 12.4. The van der Waals surface area contributed by atoms with Crippen molar-refractivity contribution in [2.75, 3.05) is 19.0 Å². The van der Waals surface area contributed by atoms with Crippen molar-refractivity contribution in [2.24, 2.45) is 0 Å². The number of nitro groups is 1. The van der Waals surface area contributed by atoms with Gasteiger partial charge in [0.05, 0.1) is 16.5 Å². The molecular formula is C18H19N3O3. The lowest BCUT2D eigenvalue weighted by Gasteiger charge is -2.19. The number of carbonyl (C=O) groups excluding carboxylic acids is 1. The molecular weight excluding hydrogens is 306 g/mol. The average molecular weight is 325 g/mol. The van der Waals surface area contributed by atoms with E-state index in [1.165, 1.54) is 17.7 Å². The Labute approximate surface area is 140 Å². The van der Waals surface area contributed by atoms with Gasteiger partial charge in [0.2, 0.25) is 0 Å². The molecule has 1 aliphatic carbocycles. The van der Waals surface area contributed by atoms with E-state index in [1.807, 2.05) is 32.3 Å². The monoisotopic (exact) mass is 325 g/mol. The quantitative estimate of drug-likeness (QED) is 0.692. The zero-order valence-electron chi connectivity index (χ0n) is 13.7. The maximum atomic E-state index is 12.8. The highest BCUT2D eigenvalue weighted by molar-refractivity contribution is 6.00. The number of aryl methyl sites for hydroxylation is 1. The Morgan fingerprint density at radius 2 is 2.00 bits per heavy atom. The summed E-state index contributed by atoms with van der Waals surface area (Å²) in [5.41, 5.74) is 3.26. The van der Waals surface area contributed by atoms with Crippen LogP contribution in [0, 0.1) is 10.1 Å². The van der Waals surface area contributed by atoms with Crippen molar-refractivity contribution in [1.82, 2.24) is 5.32 Å². The third-order valence-electron chi connectivity index (χ3n) is 4.36. The van der Waals surface area contributed by atoms with Gasteiger partial charge in [-0.25, -0.2) is 0 Å². The Hall–Kier alpha value is -2.89. The molecule has 0 saturated carbocycles. The van der Waals surface area contributed by atoms with E-state index in [9.17, 15) is 14.9 Å². The van der Waals surface area contributed by atoms with Crippen LogP contribution >= 0.6 is 0 Å². The SMILES string of the molecule is CN(C)c1ccc([N+](=O)[O-])cc1C(=O)N[C@@H]1CCc2ccccc21. The lowest BCUT2D eigenvalue weighted by molar-refractivity contribution is -0.384. The molecule has 0 unspecified atom stereocenters. The van der Waals surface area contributed by atoms with Gasteiger partial charge >= 0.3 is 0 Å². The summed E-state index contributed by atoms with van der Waals surface area (Å²) >= 11 is 0. The first-order valence-corrected chi connectivity index (χ1v) is 7.82. The number of nitrogens with zero attached hydrogens (tertiary/aromatic N) is 2. The molecule has 1 N–H and O–H groups in total. The molecule has 1 atom stereocenters. The summed E-state index contributed by atoms with van der Waals surface area (Å²) < 4.78 is 0. The van der Waals surface area contributed by atoms with Crippen molar-refractivity contribution in [3.05, 3.63) is 69.3 Å². The van der Waals surface area contributed by atoms with E-state index in [2.05, 4.69) is 11.4 Å². The van der Waals surface area contributed by atoms with Crippen LogP contribution in [0.5, 0.6) is 0 Å². The second-order valence-electron chi connectivity index (χ2n) is 6.12.